The SMILES string of the molecule is CC1(CNCCCCCN)CCOCC1. The van der Waals surface area contributed by atoms with Gasteiger partial charge in [0, 0.05) is 19.8 Å². The van der Waals surface area contributed by atoms with Crippen molar-refractivity contribution in [2.24, 2.45) is 11.1 Å². The lowest BCUT2D eigenvalue weighted by molar-refractivity contribution is 0.0242. The molecule has 1 saturated heterocycles. The molecule has 0 aliphatic carbocycles. The van der Waals surface area contributed by atoms with Crippen LogP contribution in [0.5, 0.6) is 0 Å². The highest BCUT2D eigenvalue weighted by molar-refractivity contribution is 4.79. The summed E-state index contributed by atoms with van der Waals surface area (Å²) in [6.07, 6.45) is 6.06. The fourth-order valence-electron chi connectivity index (χ4n) is 2.00. The molecule has 0 amide bonds. The van der Waals surface area contributed by atoms with E-state index in [9.17, 15) is 0 Å². The van der Waals surface area contributed by atoms with Crippen molar-refractivity contribution in [1.82, 2.24) is 5.32 Å². The highest BCUT2D eigenvalue weighted by atomic mass is 16.5. The molecule has 1 heterocycles. The van der Waals surface area contributed by atoms with Crippen LogP contribution < -0.4 is 11.1 Å². The van der Waals surface area contributed by atoms with E-state index in [0.717, 1.165) is 39.3 Å². The second kappa shape index (κ2) is 7.20. The van der Waals surface area contributed by atoms with E-state index in [4.69, 9.17) is 10.5 Å². The Kier molecular flexibility index (Phi) is 6.22. The molecule has 1 rings (SSSR count). The largest absolute Gasteiger partial charge is 0.381 e. The molecule has 0 aromatic heterocycles. The van der Waals surface area contributed by atoms with Gasteiger partial charge in [-0.15, -0.1) is 0 Å². The number of hydrogen-bond acceptors (Lipinski definition) is 3. The van der Waals surface area contributed by atoms with Crippen LogP contribution in [0.2, 0.25) is 0 Å². The summed E-state index contributed by atoms with van der Waals surface area (Å²) in [6.45, 7) is 7.34. The molecule has 3 nitrogen and oxygen atoms in total. The molecule has 0 saturated carbocycles. The van der Waals surface area contributed by atoms with Gasteiger partial charge in [0.25, 0.3) is 0 Å². The van der Waals surface area contributed by atoms with Gasteiger partial charge in [-0.05, 0) is 44.2 Å². The van der Waals surface area contributed by atoms with E-state index in [1.165, 1.54) is 25.7 Å². The van der Waals surface area contributed by atoms with E-state index >= 15 is 0 Å². The van der Waals surface area contributed by atoms with E-state index < -0.39 is 0 Å². The van der Waals surface area contributed by atoms with E-state index in [1.807, 2.05) is 0 Å². The Morgan fingerprint density at radius 2 is 1.93 bits per heavy atom. The number of nitrogens with one attached hydrogen (secondary N) is 1. The standard InChI is InChI=1S/C12H26N2O/c1-12(5-9-15-10-6-12)11-14-8-4-2-3-7-13/h14H,2-11,13H2,1H3. The fraction of sp³-hybridized carbons (Fsp3) is 1.00. The first-order valence-electron chi connectivity index (χ1n) is 6.25. The molecule has 15 heavy (non-hydrogen) atoms. The van der Waals surface area contributed by atoms with E-state index in [1.54, 1.807) is 0 Å². The zero-order valence-electron chi connectivity index (χ0n) is 10.1. The van der Waals surface area contributed by atoms with Crippen LogP contribution in [0, 0.1) is 5.41 Å². The van der Waals surface area contributed by atoms with Crippen molar-refractivity contribution in [3.05, 3.63) is 0 Å². The third-order valence-electron chi connectivity index (χ3n) is 3.31. The molecule has 1 fully saturated rings. The minimum absolute atomic E-state index is 0.464. The van der Waals surface area contributed by atoms with Gasteiger partial charge in [-0.3, -0.25) is 0 Å². The van der Waals surface area contributed by atoms with Crippen LogP contribution in [0.25, 0.3) is 0 Å². The summed E-state index contributed by atoms with van der Waals surface area (Å²) in [5.74, 6) is 0. The first-order valence-corrected chi connectivity index (χ1v) is 6.25. The summed E-state index contributed by atoms with van der Waals surface area (Å²) in [5.41, 5.74) is 5.91. The van der Waals surface area contributed by atoms with Crippen molar-refractivity contribution >= 4 is 0 Å². The number of hydrogen-bond donors (Lipinski definition) is 2. The smallest absolute Gasteiger partial charge is 0.0471 e. The number of rotatable bonds is 7. The van der Waals surface area contributed by atoms with Crippen LogP contribution in [-0.4, -0.2) is 32.8 Å². The topological polar surface area (TPSA) is 47.3 Å². The Morgan fingerprint density at radius 3 is 2.60 bits per heavy atom. The number of nitrogens with two attached hydrogens (primary N) is 1. The summed E-state index contributed by atoms with van der Waals surface area (Å²) in [5, 5.41) is 3.56. The first kappa shape index (κ1) is 12.9. The van der Waals surface area contributed by atoms with Crippen LogP contribution in [0.4, 0.5) is 0 Å². The van der Waals surface area contributed by atoms with Gasteiger partial charge in [0.15, 0.2) is 0 Å². The molecule has 0 unspecified atom stereocenters. The summed E-state index contributed by atoms with van der Waals surface area (Å²) in [7, 11) is 0. The van der Waals surface area contributed by atoms with Crippen molar-refractivity contribution < 1.29 is 4.74 Å². The van der Waals surface area contributed by atoms with Gasteiger partial charge in [0.05, 0.1) is 0 Å². The Balaban J connectivity index is 1.98. The molecule has 0 bridgehead atoms. The van der Waals surface area contributed by atoms with Gasteiger partial charge in [0.2, 0.25) is 0 Å². The quantitative estimate of drug-likeness (QED) is 0.632. The van der Waals surface area contributed by atoms with E-state index in [2.05, 4.69) is 12.2 Å². The second-order valence-corrected chi connectivity index (χ2v) is 4.95. The van der Waals surface area contributed by atoms with Crippen molar-refractivity contribution in [3.8, 4) is 0 Å². The predicted molar refractivity (Wildman–Crippen MR) is 63.9 cm³/mol. The molecule has 0 radical (unpaired) electrons. The average Bonchev–Trinajstić information content (AvgIpc) is 2.24. The highest BCUT2D eigenvalue weighted by Crippen LogP contribution is 2.28. The van der Waals surface area contributed by atoms with Crippen LogP contribution in [-0.2, 0) is 4.74 Å². The van der Waals surface area contributed by atoms with Crippen molar-refractivity contribution in [3.63, 3.8) is 0 Å². The van der Waals surface area contributed by atoms with Crippen molar-refractivity contribution in [2.45, 2.75) is 39.0 Å². The maximum atomic E-state index is 5.45. The number of ether oxygens (including phenoxy) is 1. The molecule has 1 aliphatic rings. The van der Waals surface area contributed by atoms with Gasteiger partial charge in [-0.25, -0.2) is 0 Å². The number of unbranched alkanes of at least 4 members (excludes halogenated alkanes) is 2. The molecular weight excluding hydrogens is 188 g/mol. The fourth-order valence-corrected chi connectivity index (χ4v) is 2.00. The van der Waals surface area contributed by atoms with Gasteiger partial charge in [-0.2, -0.15) is 0 Å². The minimum atomic E-state index is 0.464. The Labute approximate surface area is 93.8 Å². The van der Waals surface area contributed by atoms with Crippen LogP contribution in [0.15, 0.2) is 0 Å². The van der Waals surface area contributed by atoms with E-state index in [0.29, 0.717) is 5.41 Å². The van der Waals surface area contributed by atoms with E-state index in [-0.39, 0.29) is 0 Å². The summed E-state index contributed by atoms with van der Waals surface area (Å²) in [6, 6.07) is 0. The Morgan fingerprint density at radius 1 is 1.20 bits per heavy atom. The average molecular weight is 214 g/mol. The molecule has 0 aromatic carbocycles. The second-order valence-electron chi connectivity index (χ2n) is 4.95. The maximum Gasteiger partial charge on any atom is 0.0471 e. The molecule has 90 valence electrons. The van der Waals surface area contributed by atoms with Gasteiger partial charge < -0.3 is 15.8 Å². The molecule has 3 heteroatoms. The first-order chi connectivity index (χ1) is 7.27. The monoisotopic (exact) mass is 214 g/mol. The van der Waals surface area contributed by atoms with Gasteiger partial charge in [0.1, 0.15) is 0 Å². The molecule has 3 N–H and O–H groups in total. The lowest BCUT2D eigenvalue weighted by Gasteiger charge is -2.33. The van der Waals surface area contributed by atoms with Gasteiger partial charge >= 0.3 is 0 Å². The summed E-state index contributed by atoms with van der Waals surface area (Å²) >= 11 is 0. The third-order valence-corrected chi connectivity index (χ3v) is 3.31. The molecule has 1 aliphatic heterocycles. The lowest BCUT2D eigenvalue weighted by atomic mass is 9.82. The van der Waals surface area contributed by atoms with Crippen LogP contribution in [0.1, 0.15) is 39.0 Å². The van der Waals surface area contributed by atoms with Crippen LogP contribution in [0.3, 0.4) is 0 Å². The summed E-state index contributed by atoms with van der Waals surface area (Å²) in [4.78, 5) is 0. The summed E-state index contributed by atoms with van der Waals surface area (Å²) < 4.78 is 5.38. The Bertz CT molecular complexity index is 156. The maximum absolute atomic E-state index is 5.45. The molecule has 0 aromatic rings. The van der Waals surface area contributed by atoms with Crippen molar-refractivity contribution in [2.75, 3.05) is 32.8 Å². The predicted octanol–water partition coefficient (Wildman–Crippen LogP) is 1.52. The zero-order valence-corrected chi connectivity index (χ0v) is 10.1. The molecule has 0 atom stereocenters. The highest BCUT2D eigenvalue weighted by Gasteiger charge is 2.26. The normalized spacial score (nSPS) is 20.4. The molecule has 0 spiro atoms. The third kappa shape index (κ3) is 5.50. The van der Waals surface area contributed by atoms with Crippen LogP contribution >= 0.6 is 0 Å². The molecular formula is C12H26N2O. The minimum Gasteiger partial charge on any atom is -0.381 e. The zero-order chi connectivity index (χ0) is 11.0. The van der Waals surface area contributed by atoms with Crippen molar-refractivity contribution in [1.29, 1.82) is 0 Å². The Hall–Kier alpha value is -0.120. The lowest BCUT2D eigenvalue weighted by Crippen LogP contribution is -2.37. The van der Waals surface area contributed by atoms with Gasteiger partial charge in [-0.1, -0.05) is 13.3 Å².